The molecule has 0 aliphatic heterocycles. The van der Waals surface area contributed by atoms with E-state index in [1.807, 2.05) is 30.3 Å². The fraction of sp³-hybridized carbons (Fsp3) is 0.154. The fourth-order valence-electron chi connectivity index (χ4n) is 1.44. The molecule has 5 heteroatoms. The van der Waals surface area contributed by atoms with E-state index in [0.29, 0.717) is 14.2 Å². The molecule has 0 aliphatic rings. The van der Waals surface area contributed by atoms with Gasteiger partial charge in [-0.05, 0) is 17.2 Å². The van der Waals surface area contributed by atoms with Gasteiger partial charge in [0, 0.05) is 0 Å². The molecular weight excluding hydrogens is 291 g/mol. The lowest BCUT2D eigenvalue weighted by molar-refractivity contribution is -0.144. The summed E-state index contributed by atoms with van der Waals surface area (Å²) >= 11 is 13.0. The third-order valence-electron chi connectivity index (χ3n) is 2.30. The van der Waals surface area contributed by atoms with Gasteiger partial charge in [-0.3, -0.25) is 4.79 Å². The summed E-state index contributed by atoms with van der Waals surface area (Å²) in [6, 6.07) is 11.2. The van der Waals surface area contributed by atoms with Crippen LogP contribution in [0.25, 0.3) is 0 Å². The second-order valence-corrected chi connectivity index (χ2v) is 5.96. The minimum Gasteiger partial charge on any atom is -0.461 e. The molecule has 0 saturated carbocycles. The molecular formula is C13H10Cl2O2S. The van der Waals surface area contributed by atoms with E-state index >= 15 is 0 Å². The number of esters is 1. The first-order valence-corrected chi connectivity index (χ1v) is 6.85. The molecule has 0 atom stereocenters. The van der Waals surface area contributed by atoms with Crippen molar-refractivity contribution in [1.82, 2.24) is 0 Å². The topological polar surface area (TPSA) is 26.3 Å². The highest BCUT2D eigenvalue weighted by Gasteiger charge is 2.11. The predicted octanol–water partition coefficient (Wildman–Crippen LogP) is 4.34. The molecule has 1 heterocycles. The number of halogens is 2. The summed E-state index contributed by atoms with van der Waals surface area (Å²) in [5.41, 5.74) is 1.67. The zero-order valence-corrected chi connectivity index (χ0v) is 11.7. The summed E-state index contributed by atoms with van der Waals surface area (Å²) < 4.78 is 6.27. The Kier molecular flexibility index (Phi) is 4.64. The molecule has 0 N–H and O–H groups in total. The van der Waals surface area contributed by atoms with E-state index in [9.17, 15) is 4.79 Å². The predicted molar refractivity (Wildman–Crippen MR) is 74.3 cm³/mol. The maximum absolute atomic E-state index is 11.6. The molecule has 0 bridgehead atoms. The Morgan fingerprint density at radius 1 is 1.22 bits per heavy atom. The Balaban J connectivity index is 1.88. The van der Waals surface area contributed by atoms with Gasteiger partial charge in [0.1, 0.15) is 6.61 Å². The van der Waals surface area contributed by atoms with Gasteiger partial charge in [0.15, 0.2) is 0 Å². The van der Waals surface area contributed by atoms with Crippen molar-refractivity contribution >= 4 is 40.5 Å². The lowest BCUT2D eigenvalue weighted by Crippen LogP contribution is -2.07. The molecule has 18 heavy (non-hydrogen) atoms. The number of hydrogen-bond donors (Lipinski definition) is 0. The van der Waals surface area contributed by atoms with Crippen LogP contribution in [0.3, 0.4) is 0 Å². The summed E-state index contributed by atoms with van der Waals surface area (Å²) in [6.07, 6.45) is 0.148. The minimum atomic E-state index is -0.310. The van der Waals surface area contributed by atoms with Crippen molar-refractivity contribution < 1.29 is 9.53 Å². The van der Waals surface area contributed by atoms with E-state index in [0.717, 1.165) is 5.56 Å². The van der Waals surface area contributed by atoms with Crippen molar-refractivity contribution in [2.75, 3.05) is 0 Å². The molecule has 2 nitrogen and oxygen atoms in total. The summed E-state index contributed by atoms with van der Waals surface area (Å²) in [6.45, 7) is 0.273. The first-order chi connectivity index (χ1) is 8.65. The minimum absolute atomic E-state index is 0.148. The summed E-state index contributed by atoms with van der Waals surface area (Å²) in [5.74, 6) is -0.310. The third kappa shape index (κ3) is 3.73. The summed E-state index contributed by atoms with van der Waals surface area (Å²) in [4.78, 5) is 11.6. The molecule has 0 spiro atoms. The molecule has 0 radical (unpaired) electrons. The van der Waals surface area contributed by atoms with E-state index in [1.165, 1.54) is 11.3 Å². The van der Waals surface area contributed by atoms with Gasteiger partial charge in [-0.1, -0.05) is 53.5 Å². The Morgan fingerprint density at radius 2 is 1.94 bits per heavy atom. The van der Waals surface area contributed by atoms with Crippen LogP contribution >= 0.6 is 34.5 Å². The van der Waals surface area contributed by atoms with E-state index in [4.69, 9.17) is 27.9 Å². The quantitative estimate of drug-likeness (QED) is 0.785. The van der Waals surface area contributed by atoms with Gasteiger partial charge in [-0.15, -0.1) is 11.3 Å². The number of thiophene rings is 1. The van der Waals surface area contributed by atoms with Gasteiger partial charge in [-0.2, -0.15) is 0 Å². The van der Waals surface area contributed by atoms with E-state index in [-0.39, 0.29) is 19.0 Å². The molecule has 0 fully saturated rings. The largest absolute Gasteiger partial charge is 0.461 e. The summed E-state index contributed by atoms with van der Waals surface area (Å²) in [5, 5.41) is 0. The molecule has 0 unspecified atom stereocenters. The van der Waals surface area contributed by atoms with Crippen molar-refractivity contribution in [1.29, 1.82) is 0 Å². The number of carbonyl (C=O) groups excluding carboxylic acids is 1. The van der Waals surface area contributed by atoms with E-state index < -0.39 is 0 Å². The number of hydrogen-bond acceptors (Lipinski definition) is 3. The molecule has 1 aromatic heterocycles. The molecule has 2 aromatic rings. The van der Waals surface area contributed by atoms with Crippen molar-refractivity contribution in [3.05, 3.63) is 56.2 Å². The number of carbonyl (C=O) groups is 1. The monoisotopic (exact) mass is 300 g/mol. The smallest absolute Gasteiger partial charge is 0.310 e. The van der Waals surface area contributed by atoms with Crippen molar-refractivity contribution in [3.8, 4) is 0 Å². The Bertz CT molecular complexity index is 537. The van der Waals surface area contributed by atoms with Crippen LogP contribution in [-0.4, -0.2) is 5.97 Å². The van der Waals surface area contributed by atoms with Crippen molar-refractivity contribution in [3.63, 3.8) is 0 Å². The zero-order valence-electron chi connectivity index (χ0n) is 9.36. The molecule has 0 amide bonds. The van der Waals surface area contributed by atoms with Gasteiger partial charge < -0.3 is 4.74 Å². The van der Waals surface area contributed by atoms with Gasteiger partial charge in [-0.25, -0.2) is 0 Å². The van der Waals surface area contributed by atoms with Crippen LogP contribution in [0.1, 0.15) is 11.1 Å². The Hall–Kier alpha value is -1.03. The van der Waals surface area contributed by atoms with Gasteiger partial charge >= 0.3 is 5.97 Å². The maximum atomic E-state index is 11.6. The standard InChI is InChI=1S/C13H10Cl2O2S/c14-11-6-10(13(15)18-11)7-12(16)17-8-9-4-2-1-3-5-9/h1-6H,7-8H2. The zero-order chi connectivity index (χ0) is 13.0. The second-order valence-electron chi connectivity index (χ2n) is 3.67. The highest BCUT2D eigenvalue weighted by molar-refractivity contribution is 7.20. The molecule has 94 valence electrons. The average molecular weight is 301 g/mol. The Labute approximate surface area is 119 Å². The van der Waals surface area contributed by atoms with Crippen molar-refractivity contribution in [2.45, 2.75) is 13.0 Å². The first-order valence-electron chi connectivity index (χ1n) is 5.28. The average Bonchev–Trinajstić information content (AvgIpc) is 2.67. The van der Waals surface area contributed by atoms with Crippen LogP contribution < -0.4 is 0 Å². The van der Waals surface area contributed by atoms with Gasteiger partial charge in [0.25, 0.3) is 0 Å². The molecule has 1 aromatic carbocycles. The van der Waals surface area contributed by atoms with Crippen LogP contribution in [-0.2, 0) is 22.6 Å². The van der Waals surface area contributed by atoms with Crippen LogP contribution in [0, 0.1) is 0 Å². The van der Waals surface area contributed by atoms with Crippen LogP contribution in [0.2, 0.25) is 8.67 Å². The highest BCUT2D eigenvalue weighted by atomic mass is 35.5. The number of rotatable bonds is 4. The fourth-order valence-corrected chi connectivity index (χ4v) is 2.93. The molecule has 2 rings (SSSR count). The van der Waals surface area contributed by atoms with E-state index in [1.54, 1.807) is 6.07 Å². The maximum Gasteiger partial charge on any atom is 0.310 e. The van der Waals surface area contributed by atoms with Crippen molar-refractivity contribution in [2.24, 2.45) is 0 Å². The lowest BCUT2D eigenvalue weighted by atomic mass is 10.2. The van der Waals surface area contributed by atoms with Crippen LogP contribution in [0.15, 0.2) is 36.4 Å². The summed E-state index contributed by atoms with van der Waals surface area (Å²) in [7, 11) is 0. The number of ether oxygens (including phenoxy) is 1. The van der Waals surface area contributed by atoms with Gasteiger partial charge in [0.05, 0.1) is 15.1 Å². The SMILES string of the molecule is O=C(Cc1cc(Cl)sc1Cl)OCc1ccccc1. The molecule has 0 aliphatic carbocycles. The van der Waals surface area contributed by atoms with Gasteiger partial charge in [0.2, 0.25) is 0 Å². The number of benzene rings is 1. The normalized spacial score (nSPS) is 10.3. The van der Waals surface area contributed by atoms with E-state index in [2.05, 4.69) is 0 Å². The molecule has 0 saturated heterocycles. The highest BCUT2D eigenvalue weighted by Crippen LogP contribution is 2.31. The first kappa shape index (κ1) is 13.4. The van der Waals surface area contributed by atoms with Crippen LogP contribution in [0.5, 0.6) is 0 Å². The van der Waals surface area contributed by atoms with Crippen LogP contribution in [0.4, 0.5) is 0 Å². The lowest BCUT2D eigenvalue weighted by Gasteiger charge is -2.04. The second kappa shape index (κ2) is 6.23. The Morgan fingerprint density at radius 3 is 2.56 bits per heavy atom. The third-order valence-corrected chi connectivity index (χ3v) is 3.87.